The number of hydrogen-bond donors (Lipinski definition) is 0. The van der Waals surface area contributed by atoms with Crippen LogP contribution >= 0.6 is 0 Å². The lowest BCUT2D eigenvalue weighted by atomic mass is 10.0. The summed E-state index contributed by atoms with van der Waals surface area (Å²) in [7, 11) is -3.66. The normalized spacial score (nSPS) is 18.0. The lowest BCUT2D eigenvalue weighted by Crippen LogP contribution is -2.42. The van der Waals surface area contributed by atoms with Crippen molar-refractivity contribution in [2.45, 2.75) is 17.5 Å². The molecule has 128 valence electrons. The van der Waals surface area contributed by atoms with Gasteiger partial charge < -0.3 is 4.57 Å². The zero-order valence-electron chi connectivity index (χ0n) is 13.4. The van der Waals surface area contributed by atoms with E-state index in [1.54, 1.807) is 42.5 Å². The van der Waals surface area contributed by atoms with Gasteiger partial charge in [0.05, 0.1) is 10.9 Å². The third-order valence-corrected chi connectivity index (χ3v) is 6.41. The topological polar surface area (TPSA) is 42.3 Å². The molecule has 1 aliphatic rings. The molecule has 25 heavy (non-hydrogen) atoms. The molecule has 2 heterocycles. The SMILES string of the molecule is O=S(=O)(c1ccccc1)N1CCn2cccc2[C@@H]1c1ccc(F)cc1. The van der Waals surface area contributed by atoms with Crippen LogP contribution in [0.25, 0.3) is 0 Å². The maximum Gasteiger partial charge on any atom is 0.244 e. The monoisotopic (exact) mass is 356 g/mol. The van der Waals surface area contributed by atoms with Gasteiger partial charge in [-0.2, -0.15) is 4.31 Å². The number of rotatable bonds is 3. The van der Waals surface area contributed by atoms with E-state index in [9.17, 15) is 12.8 Å². The molecule has 4 rings (SSSR count). The second-order valence-electron chi connectivity index (χ2n) is 6.01. The van der Waals surface area contributed by atoms with Crippen LogP contribution in [0.1, 0.15) is 17.3 Å². The summed E-state index contributed by atoms with van der Waals surface area (Å²) >= 11 is 0. The molecule has 1 aromatic heterocycles. The van der Waals surface area contributed by atoms with Crippen molar-refractivity contribution < 1.29 is 12.8 Å². The summed E-state index contributed by atoms with van der Waals surface area (Å²) in [6.07, 6.45) is 1.94. The van der Waals surface area contributed by atoms with Crippen molar-refractivity contribution in [1.29, 1.82) is 0 Å². The van der Waals surface area contributed by atoms with Crippen molar-refractivity contribution in [3.8, 4) is 0 Å². The van der Waals surface area contributed by atoms with Gasteiger partial charge in [-0.05, 0) is 42.0 Å². The van der Waals surface area contributed by atoms with Crippen LogP contribution in [0.5, 0.6) is 0 Å². The highest BCUT2D eigenvalue weighted by Gasteiger charge is 2.37. The fourth-order valence-corrected chi connectivity index (χ4v) is 4.93. The first-order valence-corrected chi connectivity index (χ1v) is 9.49. The molecule has 0 fully saturated rings. The van der Waals surface area contributed by atoms with E-state index in [1.165, 1.54) is 16.4 Å². The summed E-state index contributed by atoms with van der Waals surface area (Å²) in [5.74, 6) is -0.340. The molecule has 0 aliphatic carbocycles. The first-order valence-electron chi connectivity index (χ1n) is 8.05. The Balaban J connectivity index is 1.85. The third-order valence-electron chi connectivity index (χ3n) is 4.53. The molecule has 2 aromatic carbocycles. The minimum atomic E-state index is -3.66. The van der Waals surface area contributed by atoms with Crippen molar-refractivity contribution >= 4 is 10.0 Å². The highest BCUT2D eigenvalue weighted by atomic mass is 32.2. The molecule has 0 bridgehead atoms. The van der Waals surface area contributed by atoms with E-state index >= 15 is 0 Å². The van der Waals surface area contributed by atoms with Gasteiger partial charge in [0.2, 0.25) is 10.0 Å². The lowest BCUT2D eigenvalue weighted by molar-refractivity contribution is 0.298. The maximum atomic E-state index is 13.3. The van der Waals surface area contributed by atoms with E-state index in [0.717, 1.165) is 11.3 Å². The van der Waals surface area contributed by atoms with E-state index in [1.807, 2.05) is 22.9 Å². The van der Waals surface area contributed by atoms with E-state index in [4.69, 9.17) is 0 Å². The standard InChI is InChI=1S/C19H17FN2O2S/c20-16-10-8-15(9-11-16)19-18-7-4-12-21(18)13-14-22(19)25(23,24)17-5-2-1-3-6-17/h1-12,19H,13-14H2/t19-/m0/s1. The Morgan fingerprint density at radius 2 is 1.60 bits per heavy atom. The number of halogens is 1. The van der Waals surface area contributed by atoms with Crippen molar-refractivity contribution in [2.24, 2.45) is 0 Å². The highest BCUT2D eigenvalue weighted by molar-refractivity contribution is 7.89. The minimum absolute atomic E-state index is 0.266. The smallest absolute Gasteiger partial charge is 0.244 e. The van der Waals surface area contributed by atoms with Crippen LogP contribution in [-0.4, -0.2) is 23.8 Å². The fourth-order valence-electron chi connectivity index (χ4n) is 3.33. The van der Waals surface area contributed by atoms with Gasteiger partial charge in [-0.25, -0.2) is 12.8 Å². The molecule has 0 saturated heterocycles. The van der Waals surface area contributed by atoms with Crippen LogP contribution < -0.4 is 0 Å². The zero-order valence-corrected chi connectivity index (χ0v) is 14.2. The van der Waals surface area contributed by atoms with Crippen LogP contribution in [0.3, 0.4) is 0 Å². The van der Waals surface area contributed by atoms with Crippen molar-refractivity contribution in [2.75, 3.05) is 6.54 Å². The Hall–Kier alpha value is -2.44. The van der Waals surface area contributed by atoms with Gasteiger partial charge in [0.1, 0.15) is 5.82 Å². The van der Waals surface area contributed by atoms with Gasteiger partial charge in [0.15, 0.2) is 0 Å². The first-order chi connectivity index (χ1) is 12.1. The van der Waals surface area contributed by atoms with Crippen LogP contribution in [0, 0.1) is 5.82 Å². The Labute approximate surface area is 146 Å². The molecule has 1 atom stereocenters. The summed E-state index contributed by atoms with van der Waals surface area (Å²) in [6.45, 7) is 0.951. The molecule has 0 radical (unpaired) electrons. The number of benzene rings is 2. The van der Waals surface area contributed by atoms with Gasteiger partial charge in [0.25, 0.3) is 0 Å². The van der Waals surface area contributed by atoms with E-state index < -0.39 is 16.1 Å². The lowest BCUT2D eigenvalue weighted by Gasteiger charge is -2.36. The molecule has 1 aliphatic heterocycles. The summed E-state index contributed by atoms with van der Waals surface area (Å²) in [6, 6.07) is 17.8. The second-order valence-corrected chi connectivity index (χ2v) is 7.90. The van der Waals surface area contributed by atoms with Gasteiger partial charge in [-0.1, -0.05) is 30.3 Å². The predicted octanol–water partition coefficient (Wildman–Crippen LogP) is 3.42. The number of aromatic nitrogens is 1. The van der Waals surface area contributed by atoms with Crippen LogP contribution in [0.4, 0.5) is 4.39 Å². The number of fused-ring (bicyclic) bond motifs is 1. The van der Waals surface area contributed by atoms with E-state index in [-0.39, 0.29) is 10.7 Å². The fraction of sp³-hybridized carbons (Fsp3) is 0.158. The quantitative estimate of drug-likeness (QED) is 0.722. The number of nitrogens with zero attached hydrogens (tertiary/aromatic N) is 2. The molecule has 3 aromatic rings. The molecular formula is C19H17FN2O2S. The number of hydrogen-bond acceptors (Lipinski definition) is 2. The Morgan fingerprint density at radius 3 is 2.32 bits per heavy atom. The van der Waals surface area contributed by atoms with Gasteiger partial charge >= 0.3 is 0 Å². The third kappa shape index (κ3) is 2.77. The second kappa shape index (κ2) is 6.13. The van der Waals surface area contributed by atoms with Gasteiger partial charge in [-0.15, -0.1) is 0 Å². The zero-order chi connectivity index (χ0) is 17.4. The molecule has 4 nitrogen and oxygen atoms in total. The number of sulfonamides is 1. The van der Waals surface area contributed by atoms with Gasteiger partial charge in [-0.3, -0.25) is 0 Å². The van der Waals surface area contributed by atoms with Gasteiger partial charge in [0, 0.05) is 25.0 Å². The van der Waals surface area contributed by atoms with E-state index in [2.05, 4.69) is 0 Å². The predicted molar refractivity (Wildman–Crippen MR) is 93.0 cm³/mol. The molecule has 0 amide bonds. The minimum Gasteiger partial charge on any atom is -0.348 e. The van der Waals surface area contributed by atoms with Crippen LogP contribution in [0.2, 0.25) is 0 Å². The van der Waals surface area contributed by atoms with Crippen molar-refractivity contribution in [3.05, 3.63) is 90.0 Å². The van der Waals surface area contributed by atoms with E-state index in [0.29, 0.717) is 13.1 Å². The average molecular weight is 356 g/mol. The molecule has 0 unspecified atom stereocenters. The van der Waals surface area contributed by atoms with Crippen LogP contribution in [0.15, 0.2) is 77.8 Å². The summed E-state index contributed by atoms with van der Waals surface area (Å²) < 4.78 is 43.3. The summed E-state index contributed by atoms with van der Waals surface area (Å²) in [5, 5.41) is 0. The molecule has 0 N–H and O–H groups in total. The average Bonchev–Trinajstić information content (AvgIpc) is 3.11. The Morgan fingerprint density at radius 1 is 0.880 bits per heavy atom. The van der Waals surface area contributed by atoms with Crippen molar-refractivity contribution in [3.63, 3.8) is 0 Å². The van der Waals surface area contributed by atoms with Crippen LogP contribution in [-0.2, 0) is 16.6 Å². The maximum absolute atomic E-state index is 13.3. The molecule has 0 saturated carbocycles. The summed E-state index contributed by atoms with van der Waals surface area (Å²) in [4.78, 5) is 0.266. The first kappa shape index (κ1) is 16.1. The molecule has 6 heteroatoms. The van der Waals surface area contributed by atoms with Crippen molar-refractivity contribution in [1.82, 2.24) is 8.87 Å². The Kier molecular flexibility index (Phi) is 3.94. The molecular weight excluding hydrogens is 339 g/mol. The Bertz CT molecular complexity index is 982. The largest absolute Gasteiger partial charge is 0.348 e. The molecule has 0 spiro atoms. The summed E-state index contributed by atoms with van der Waals surface area (Å²) in [5.41, 5.74) is 1.64. The highest BCUT2D eigenvalue weighted by Crippen LogP contribution is 2.36.